The van der Waals surface area contributed by atoms with Crippen LogP contribution < -0.4 is 4.74 Å². The SMILES string of the molecule is COC(=O)C1CCCN(C(=O)COc2ccccc2[N+](=O)[O-])C1. The van der Waals surface area contributed by atoms with Crippen LogP contribution in [0, 0.1) is 16.0 Å². The Labute approximate surface area is 133 Å². The van der Waals surface area contributed by atoms with Crippen molar-refractivity contribution in [2.75, 3.05) is 26.8 Å². The van der Waals surface area contributed by atoms with Crippen molar-refractivity contribution in [2.45, 2.75) is 12.8 Å². The number of hydrogen-bond acceptors (Lipinski definition) is 6. The summed E-state index contributed by atoms with van der Waals surface area (Å²) in [7, 11) is 1.32. The topological polar surface area (TPSA) is 99.0 Å². The molecule has 8 heteroatoms. The van der Waals surface area contributed by atoms with Crippen molar-refractivity contribution in [1.82, 2.24) is 4.90 Å². The third-order valence-electron chi connectivity index (χ3n) is 3.72. The number of methoxy groups -OCH3 is 1. The summed E-state index contributed by atoms with van der Waals surface area (Å²) >= 11 is 0. The Hall–Kier alpha value is -2.64. The summed E-state index contributed by atoms with van der Waals surface area (Å²) < 4.78 is 9.99. The monoisotopic (exact) mass is 322 g/mol. The zero-order chi connectivity index (χ0) is 16.8. The first-order valence-electron chi connectivity index (χ1n) is 7.24. The van der Waals surface area contributed by atoms with Gasteiger partial charge in [-0.2, -0.15) is 0 Å². The van der Waals surface area contributed by atoms with Gasteiger partial charge in [0.15, 0.2) is 12.4 Å². The number of carbonyl (C=O) groups excluding carboxylic acids is 2. The lowest BCUT2D eigenvalue weighted by molar-refractivity contribution is -0.385. The van der Waals surface area contributed by atoms with Crippen molar-refractivity contribution >= 4 is 17.6 Å². The van der Waals surface area contributed by atoms with E-state index in [0.717, 1.165) is 0 Å². The molecule has 0 saturated carbocycles. The van der Waals surface area contributed by atoms with Crippen LogP contribution in [0.4, 0.5) is 5.69 Å². The van der Waals surface area contributed by atoms with Gasteiger partial charge in [-0.25, -0.2) is 0 Å². The molecule has 1 fully saturated rings. The summed E-state index contributed by atoms with van der Waals surface area (Å²) in [6, 6.07) is 5.88. The molecule has 0 aliphatic carbocycles. The third-order valence-corrected chi connectivity index (χ3v) is 3.72. The number of amides is 1. The molecule has 1 aromatic carbocycles. The Morgan fingerprint density at radius 1 is 1.39 bits per heavy atom. The van der Waals surface area contributed by atoms with Gasteiger partial charge in [-0.15, -0.1) is 0 Å². The molecule has 124 valence electrons. The van der Waals surface area contributed by atoms with Crippen LogP contribution >= 0.6 is 0 Å². The summed E-state index contributed by atoms with van der Waals surface area (Å²) in [6.07, 6.45) is 1.39. The van der Waals surface area contributed by atoms with E-state index in [1.165, 1.54) is 30.2 Å². The molecule has 2 rings (SSSR count). The number of para-hydroxylation sites is 2. The Balaban J connectivity index is 1.95. The van der Waals surface area contributed by atoms with Crippen LogP contribution in [0.3, 0.4) is 0 Å². The number of benzene rings is 1. The molecule has 1 heterocycles. The molecule has 1 saturated heterocycles. The number of rotatable bonds is 5. The Morgan fingerprint density at radius 2 is 2.13 bits per heavy atom. The van der Waals surface area contributed by atoms with E-state index < -0.39 is 4.92 Å². The number of carbonyl (C=O) groups is 2. The highest BCUT2D eigenvalue weighted by molar-refractivity contribution is 5.79. The van der Waals surface area contributed by atoms with Gasteiger partial charge in [-0.05, 0) is 18.9 Å². The van der Waals surface area contributed by atoms with E-state index in [2.05, 4.69) is 0 Å². The van der Waals surface area contributed by atoms with Crippen LogP contribution in [0.1, 0.15) is 12.8 Å². The highest BCUT2D eigenvalue weighted by Gasteiger charge is 2.29. The molecule has 1 aliphatic rings. The van der Waals surface area contributed by atoms with Crippen LogP contribution in [0.15, 0.2) is 24.3 Å². The molecular weight excluding hydrogens is 304 g/mol. The maximum Gasteiger partial charge on any atom is 0.310 e. The second kappa shape index (κ2) is 7.57. The lowest BCUT2D eigenvalue weighted by atomic mass is 9.98. The fraction of sp³-hybridized carbons (Fsp3) is 0.467. The van der Waals surface area contributed by atoms with Crippen molar-refractivity contribution in [3.8, 4) is 5.75 Å². The smallest absolute Gasteiger partial charge is 0.310 e. The number of nitro benzene ring substituents is 1. The largest absolute Gasteiger partial charge is 0.477 e. The highest BCUT2D eigenvalue weighted by atomic mass is 16.6. The van der Waals surface area contributed by atoms with Gasteiger partial charge in [0.2, 0.25) is 0 Å². The fourth-order valence-electron chi connectivity index (χ4n) is 2.52. The Bertz CT molecular complexity index is 603. The molecule has 23 heavy (non-hydrogen) atoms. The van der Waals surface area contributed by atoms with E-state index in [-0.39, 0.29) is 42.4 Å². The van der Waals surface area contributed by atoms with Gasteiger partial charge >= 0.3 is 11.7 Å². The van der Waals surface area contributed by atoms with Crippen LogP contribution in [0.5, 0.6) is 5.75 Å². The summed E-state index contributed by atoms with van der Waals surface area (Å²) in [6.45, 7) is 0.511. The fourth-order valence-corrected chi connectivity index (χ4v) is 2.52. The quantitative estimate of drug-likeness (QED) is 0.461. The van der Waals surface area contributed by atoms with Gasteiger partial charge in [0, 0.05) is 19.2 Å². The predicted octanol–water partition coefficient (Wildman–Crippen LogP) is 1.39. The molecule has 0 aromatic heterocycles. The van der Waals surface area contributed by atoms with Crippen LogP contribution in [0.2, 0.25) is 0 Å². The number of ether oxygens (including phenoxy) is 2. The van der Waals surface area contributed by atoms with E-state index >= 15 is 0 Å². The maximum atomic E-state index is 12.2. The molecule has 1 aromatic rings. The molecule has 1 aliphatic heterocycles. The van der Waals surface area contributed by atoms with E-state index in [0.29, 0.717) is 19.4 Å². The average molecular weight is 322 g/mol. The van der Waals surface area contributed by atoms with Gasteiger partial charge in [-0.3, -0.25) is 19.7 Å². The lowest BCUT2D eigenvalue weighted by Crippen LogP contribution is -2.44. The minimum absolute atomic E-state index is 0.0485. The Morgan fingerprint density at radius 3 is 2.83 bits per heavy atom. The van der Waals surface area contributed by atoms with Gasteiger partial charge in [0.1, 0.15) is 0 Å². The zero-order valence-corrected chi connectivity index (χ0v) is 12.8. The number of esters is 1. The van der Waals surface area contributed by atoms with Crippen molar-refractivity contribution in [3.05, 3.63) is 34.4 Å². The normalized spacial score (nSPS) is 17.4. The number of hydrogen-bond donors (Lipinski definition) is 0. The minimum atomic E-state index is -0.562. The van der Waals surface area contributed by atoms with E-state index in [1.807, 2.05) is 0 Å². The van der Waals surface area contributed by atoms with Crippen LogP contribution in [-0.2, 0) is 14.3 Å². The molecule has 0 spiro atoms. The van der Waals surface area contributed by atoms with Crippen molar-refractivity contribution in [2.24, 2.45) is 5.92 Å². The van der Waals surface area contributed by atoms with Gasteiger partial charge < -0.3 is 14.4 Å². The average Bonchev–Trinajstić information content (AvgIpc) is 2.59. The molecule has 0 N–H and O–H groups in total. The number of nitro groups is 1. The standard InChI is InChI=1S/C15H18N2O6/c1-22-15(19)11-5-4-8-16(9-11)14(18)10-23-13-7-3-2-6-12(13)17(20)21/h2-3,6-7,11H,4-5,8-10H2,1H3. The molecule has 1 unspecified atom stereocenters. The van der Waals surface area contributed by atoms with Gasteiger partial charge in [0.05, 0.1) is 18.0 Å². The molecule has 8 nitrogen and oxygen atoms in total. The molecular formula is C15H18N2O6. The van der Waals surface area contributed by atoms with Crippen LogP contribution in [-0.4, -0.2) is 48.5 Å². The first-order chi connectivity index (χ1) is 11.0. The van der Waals surface area contributed by atoms with Crippen molar-refractivity contribution < 1.29 is 24.0 Å². The van der Waals surface area contributed by atoms with E-state index in [4.69, 9.17) is 9.47 Å². The first-order valence-corrected chi connectivity index (χ1v) is 7.24. The summed E-state index contributed by atoms with van der Waals surface area (Å²) in [5.41, 5.74) is -0.189. The lowest BCUT2D eigenvalue weighted by Gasteiger charge is -2.31. The summed E-state index contributed by atoms with van der Waals surface area (Å²) in [5, 5.41) is 10.9. The molecule has 0 radical (unpaired) electrons. The number of piperidine rings is 1. The maximum absolute atomic E-state index is 12.2. The second-order valence-corrected chi connectivity index (χ2v) is 5.22. The number of likely N-dealkylation sites (tertiary alicyclic amines) is 1. The number of nitrogens with zero attached hydrogens (tertiary/aromatic N) is 2. The summed E-state index contributed by atoms with van der Waals surface area (Å²) in [5.74, 6) is -0.921. The summed E-state index contributed by atoms with van der Waals surface area (Å²) in [4.78, 5) is 35.6. The van der Waals surface area contributed by atoms with Crippen molar-refractivity contribution in [1.29, 1.82) is 0 Å². The zero-order valence-electron chi connectivity index (χ0n) is 12.8. The van der Waals surface area contributed by atoms with Gasteiger partial charge in [-0.1, -0.05) is 12.1 Å². The second-order valence-electron chi connectivity index (χ2n) is 5.22. The molecule has 1 atom stereocenters. The highest BCUT2D eigenvalue weighted by Crippen LogP contribution is 2.26. The third kappa shape index (κ3) is 4.18. The minimum Gasteiger partial charge on any atom is -0.477 e. The van der Waals surface area contributed by atoms with E-state index in [9.17, 15) is 19.7 Å². The van der Waals surface area contributed by atoms with Crippen LogP contribution in [0.25, 0.3) is 0 Å². The predicted molar refractivity (Wildman–Crippen MR) is 79.9 cm³/mol. The van der Waals surface area contributed by atoms with E-state index in [1.54, 1.807) is 6.07 Å². The first kappa shape index (κ1) is 16.7. The molecule has 1 amide bonds. The van der Waals surface area contributed by atoms with Crippen molar-refractivity contribution in [3.63, 3.8) is 0 Å². The Kier molecular flexibility index (Phi) is 5.51. The van der Waals surface area contributed by atoms with Gasteiger partial charge in [0.25, 0.3) is 5.91 Å². The molecule has 0 bridgehead atoms.